The number of rotatable bonds is 3. The van der Waals surface area contributed by atoms with E-state index in [-0.39, 0.29) is 6.61 Å². The minimum atomic E-state index is -0.600. The van der Waals surface area contributed by atoms with E-state index in [2.05, 4.69) is 0 Å². The quantitative estimate of drug-likeness (QED) is 0.806. The Morgan fingerprint density at radius 1 is 1.50 bits per heavy atom. The second-order valence-electron chi connectivity index (χ2n) is 4.08. The molecule has 2 nitrogen and oxygen atoms in total. The Morgan fingerprint density at radius 3 is 2.71 bits per heavy atom. The highest BCUT2D eigenvalue weighted by molar-refractivity contribution is 6.31. The van der Waals surface area contributed by atoms with Crippen molar-refractivity contribution in [3.05, 3.63) is 34.3 Å². The fourth-order valence-corrected chi connectivity index (χ4v) is 1.51. The lowest BCUT2D eigenvalue weighted by atomic mass is 9.94. The molecule has 14 heavy (non-hydrogen) atoms. The first-order valence-electron chi connectivity index (χ1n) is 4.59. The van der Waals surface area contributed by atoms with Crippen molar-refractivity contribution in [2.24, 2.45) is 5.73 Å². The Labute approximate surface area is 89.7 Å². The summed E-state index contributed by atoms with van der Waals surface area (Å²) >= 11 is 6.02. The molecule has 1 rings (SSSR count). The summed E-state index contributed by atoms with van der Waals surface area (Å²) in [6.07, 6.45) is 0.587. The number of nitrogens with two attached hydrogens (primary N) is 1. The summed E-state index contributed by atoms with van der Waals surface area (Å²) in [5.74, 6) is 0. The highest BCUT2D eigenvalue weighted by atomic mass is 35.5. The minimum absolute atomic E-state index is 0.0444. The summed E-state index contributed by atoms with van der Waals surface area (Å²) in [7, 11) is 0. The van der Waals surface area contributed by atoms with E-state index in [9.17, 15) is 0 Å². The van der Waals surface area contributed by atoms with Crippen molar-refractivity contribution in [3.63, 3.8) is 0 Å². The SMILES string of the molecule is Cc1ccc(Cl)c(CC(C)(N)CO)c1. The van der Waals surface area contributed by atoms with Crippen molar-refractivity contribution in [2.45, 2.75) is 25.8 Å². The molecule has 0 bridgehead atoms. The second-order valence-corrected chi connectivity index (χ2v) is 4.49. The maximum Gasteiger partial charge on any atom is 0.0611 e. The molecule has 78 valence electrons. The third-order valence-corrected chi connectivity index (χ3v) is 2.53. The van der Waals surface area contributed by atoms with Crippen molar-refractivity contribution in [1.29, 1.82) is 0 Å². The van der Waals surface area contributed by atoms with Crippen LogP contribution in [0, 0.1) is 6.92 Å². The molecule has 3 heteroatoms. The van der Waals surface area contributed by atoms with Crippen LogP contribution in [0.15, 0.2) is 18.2 Å². The molecule has 0 amide bonds. The molecule has 0 spiro atoms. The molecule has 0 saturated carbocycles. The molecule has 3 N–H and O–H groups in total. The Balaban J connectivity index is 2.91. The lowest BCUT2D eigenvalue weighted by Crippen LogP contribution is -2.42. The van der Waals surface area contributed by atoms with E-state index in [4.69, 9.17) is 22.4 Å². The lowest BCUT2D eigenvalue weighted by Gasteiger charge is -2.22. The molecule has 1 aromatic carbocycles. The Morgan fingerprint density at radius 2 is 2.14 bits per heavy atom. The summed E-state index contributed by atoms with van der Waals surface area (Å²) in [5.41, 5.74) is 7.40. The van der Waals surface area contributed by atoms with Crippen molar-refractivity contribution >= 4 is 11.6 Å². The van der Waals surface area contributed by atoms with Gasteiger partial charge in [0.25, 0.3) is 0 Å². The maximum atomic E-state index is 9.05. The number of aryl methyl sites for hydroxylation is 1. The van der Waals surface area contributed by atoms with Crippen LogP contribution in [-0.4, -0.2) is 17.3 Å². The summed E-state index contributed by atoms with van der Waals surface area (Å²) in [5, 5.41) is 9.76. The van der Waals surface area contributed by atoms with Crippen molar-refractivity contribution in [1.82, 2.24) is 0 Å². The zero-order valence-corrected chi connectivity index (χ0v) is 9.30. The van der Waals surface area contributed by atoms with Gasteiger partial charge in [-0.15, -0.1) is 0 Å². The third kappa shape index (κ3) is 2.98. The van der Waals surface area contributed by atoms with Gasteiger partial charge in [0.05, 0.1) is 6.61 Å². The van der Waals surface area contributed by atoms with Gasteiger partial charge in [-0.05, 0) is 31.9 Å². The van der Waals surface area contributed by atoms with Gasteiger partial charge in [-0.25, -0.2) is 0 Å². The molecule has 0 aliphatic carbocycles. The number of aliphatic hydroxyl groups excluding tert-OH is 1. The zero-order valence-electron chi connectivity index (χ0n) is 8.55. The molecular weight excluding hydrogens is 198 g/mol. The normalized spacial score (nSPS) is 15.2. The van der Waals surface area contributed by atoms with E-state index in [1.165, 1.54) is 0 Å². The summed E-state index contributed by atoms with van der Waals surface area (Å²) < 4.78 is 0. The van der Waals surface area contributed by atoms with Crippen LogP contribution in [0.3, 0.4) is 0 Å². The van der Waals surface area contributed by atoms with Crippen LogP contribution in [-0.2, 0) is 6.42 Å². The lowest BCUT2D eigenvalue weighted by molar-refractivity contribution is 0.208. The van der Waals surface area contributed by atoms with E-state index >= 15 is 0 Å². The zero-order chi connectivity index (χ0) is 10.8. The minimum Gasteiger partial charge on any atom is -0.394 e. The number of hydrogen-bond acceptors (Lipinski definition) is 2. The van der Waals surface area contributed by atoms with Crippen LogP contribution >= 0.6 is 11.6 Å². The summed E-state index contributed by atoms with van der Waals surface area (Å²) in [6, 6.07) is 5.82. The largest absolute Gasteiger partial charge is 0.394 e. The standard InChI is InChI=1S/C11H16ClNO/c1-8-3-4-10(12)9(5-8)6-11(2,13)7-14/h3-5,14H,6-7,13H2,1-2H3. The first kappa shape index (κ1) is 11.5. The van der Waals surface area contributed by atoms with Crippen molar-refractivity contribution in [3.8, 4) is 0 Å². The van der Waals surface area contributed by atoms with Gasteiger partial charge in [0.15, 0.2) is 0 Å². The van der Waals surface area contributed by atoms with Crippen molar-refractivity contribution in [2.75, 3.05) is 6.61 Å². The average molecular weight is 214 g/mol. The van der Waals surface area contributed by atoms with Crippen LogP contribution in [0.25, 0.3) is 0 Å². The van der Waals surface area contributed by atoms with Gasteiger partial charge < -0.3 is 10.8 Å². The Hall–Kier alpha value is -0.570. The molecule has 0 aliphatic rings. The van der Waals surface area contributed by atoms with Crippen LogP contribution < -0.4 is 5.73 Å². The number of aliphatic hydroxyl groups is 1. The summed E-state index contributed by atoms with van der Waals surface area (Å²) in [4.78, 5) is 0. The Kier molecular flexibility index (Phi) is 3.53. The molecule has 1 aromatic rings. The molecule has 1 unspecified atom stereocenters. The van der Waals surface area contributed by atoms with E-state index in [1.807, 2.05) is 32.0 Å². The fourth-order valence-electron chi connectivity index (χ4n) is 1.33. The average Bonchev–Trinajstić information content (AvgIpc) is 2.11. The molecule has 0 radical (unpaired) electrons. The first-order valence-corrected chi connectivity index (χ1v) is 4.97. The topological polar surface area (TPSA) is 46.2 Å². The smallest absolute Gasteiger partial charge is 0.0611 e. The van der Waals surface area contributed by atoms with Gasteiger partial charge in [0, 0.05) is 10.6 Å². The van der Waals surface area contributed by atoms with Gasteiger partial charge in [-0.3, -0.25) is 0 Å². The number of benzene rings is 1. The molecule has 0 aliphatic heterocycles. The van der Waals surface area contributed by atoms with Crippen LogP contribution in [0.5, 0.6) is 0 Å². The predicted octanol–water partition coefficient (Wildman–Crippen LogP) is 1.90. The molecule has 0 fully saturated rings. The number of halogens is 1. The van der Waals surface area contributed by atoms with Gasteiger partial charge in [-0.1, -0.05) is 29.3 Å². The highest BCUT2D eigenvalue weighted by Crippen LogP contribution is 2.21. The molecule has 1 atom stereocenters. The van der Waals surface area contributed by atoms with Gasteiger partial charge in [0.1, 0.15) is 0 Å². The maximum absolute atomic E-state index is 9.05. The van der Waals surface area contributed by atoms with Crippen LogP contribution in [0.2, 0.25) is 5.02 Å². The predicted molar refractivity (Wildman–Crippen MR) is 59.6 cm³/mol. The van der Waals surface area contributed by atoms with E-state index < -0.39 is 5.54 Å². The van der Waals surface area contributed by atoms with Gasteiger partial charge in [0.2, 0.25) is 0 Å². The molecule has 0 heterocycles. The molecular formula is C11H16ClNO. The molecule has 0 aromatic heterocycles. The van der Waals surface area contributed by atoms with Gasteiger partial charge in [-0.2, -0.15) is 0 Å². The third-order valence-electron chi connectivity index (χ3n) is 2.16. The van der Waals surface area contributed by atoms with Gasteiger partial charge >= 0.3 is 0 Å². The first-order chi connectivity index (χ1) is 6.44. The monoisotopic (exact) mass is 213 g/mol. The fraction of sp³-hybridized carbons (Fsp3) is 0.455. The van der Waals surface area contributed by atoms with E-state index in [0.717, 1.165) is 11.1 Å². The Bertz CT molecular complexity index is 323. The van der Waals surface area contributed by atoms with Crippen molar-refractivity contribution < 1.29 is 5.11 Å². The number of hydrogen-bond donors (Lipinski definition) is 2. The van der Waals surface area contributed by atoms with E-state index in [1.54, 1.807) is 0 Å². The highest BCUT2D eigenvalue weighted by Gasteiger charge is 2.19. The van der Waals surface area contributed by atoms with Crippen LogP contribution in [0.4, 0.5) is 0 Å². The molecule has 0 saturated heterocycles. The second kappa shape index (κ2) is 4.30. The van der Waals surface area contributed by atoms with E-state index in [0.29, 0.717) is 11.4 Å². The van der Waals surface area contributed by atoms with Crippen LogP contribution in [0.1, 0.15) is 18.1 Å². The summed E-state index contributed by atoms with van der Waals surface area (Å²) in [6.45, 7) is 3.77.